The normalized spacial score (nSPS) is 11.4. The highest BCUT2D eigenvalue weighted by atomic mass is 32.2. The maximum Gasteiger partial charge on any atom is 0.307 e. The Morgan fingerprint density at radius 1 is 1.27 bits per heavy atom. The van der Waals surface area contributed by atoms with Gasteiger partial charge in [-0.25, -0.2) is 17.9 Å². The van der Waals surface area contributed by atoms with E-state index in [2.05, 4.69) is 5.14 Å². The Balaban J connectivity index is 3.55. The number of primary sulfonamides is 1. The van der Waals surface area contributed by atoms with Crippen molar-refractivity contribution in [3.05, 3.63) is 33.9 Å². The van der Waals surface area contributed by atoms with Crippen LogP contribution in [0.5, 0.6) is 0 Å². The molecule has 0 aliphatic rings. The van der Waals surface area contributed by atoms with Crippen LogP contribution in [-0.2, 0) is 10.0 Å². The third-order valence-electron chi connectivity index (χ3n) is 1.53. The molecule has 1 aromatic rings. The van der Waals surface area contributed by atoms with E-state index >= 15 is 0 Å². The Labute approximate surface area is 82.5 Å². The first kappa shape index (κ1) is 11.5. The number of nitrogens with zero attached hydrogens (tertiary/aromatic N) is 1. The van der Waals surface area contributed by atoms with Crippen molar-refractivity contribution in [3.8, 4) is 0 Å². The second-order valence-corrected chi connectivity index (χ2v) is 4.04. The molecule has 15 heavy (non-hydrogen) atoms. The van der Waals surface area contributed by atoms with Crippen LogP contribution < -0.4 is 5.14 Å². The molecule has 0 saturated heterocycles. The number of halogens is 2. The molecule has 1 rings (SSSR count). The second kappa shape index (κ2) is 3.51. The Kier molecular flexibility index (Phi) is 2.69. The molecule has 0 bridgehead atoms. The SMILES string of the molecule is NS(=O)(=O)c1ccc([N+](=O)[O-])c(F)c1F. The first-order chi connectivity index (χ1) is 6.75. The lowest BCUT2D eigenvalue weighted by Crippen LogP contribution is -2.15. The van der Waals surface area contributed by atoms with Crippen molar-refractivity contribution in [2.24, 2.45) is 5.14 Å². The van der Waals surface area contributed by atoms with E-state index < -0.39 is 37.2 Å². The average molecular weight is 238 g/mol. The summed E-state index contributed by atoms with van der Waals surface area (Å²) in [6.07, 6.45) is 0. The fourth-order valence-corrected chi connectivity index (χ4v) is 1.48. The molecule has 0 heterocycles. The lowest BCUT2D eigenvalue weighted by molar-refractivity contribution is -0.387. The van der Waals surface area contributed by atoms with E-state index in [0.717, 1.165) is 0 Å². The minimum absolute atomic E-state index is 0.526. The second-order valence-electron chi connectivity index (χ2n) is 2.51. The summed E-state index contributed by atoms with van der Waals surface area (Å²) in [5.74, 6) is -3.71. The predicted octanol–water partition coefficient (Wildman–Crippen LogP) is 0.520. The maximum atomic E-state index is 13.0. The van der Waals surface area contributed by atoms with Crippen molar-refractivity contribution in [1.29, 1.82) is 0 Å². The Morgan fingerprint density at radius 2 is 1.80 bits per heavy atom. The summed E-state index contributed by atoms with van der Waals surface area (Å²) in [4.78, 5) is 7.86. The van der Waals surface area contributed by atoms with Crippen LogP contribution >= 0.6 is 0 Å². The van der Waals surface area contributed by atoms with Gasteiger partial charge in [-0.3, -0.25) is 10.1 Å². The molecule has 0 radical (unpaired) electrons. The molecule has 82 valence electrons. The Bertz CT molecular complexity index is 528. The molecule has 9 heteroatoms. The molecule has 0 fully saturated rings. The minimum atomic E-state index is -4.44. The predicted molar refractivity (Wildman–Crippen MR) is 44.4 cm³/mol. The largest absolute Gasteiger partial charge is 0.307 e. The summed E-state index contributed by atoms with van der Waals surface area (Å²) in [5.41, 5.74) is -1.15. The van der Waals surface area contributed by atoms with Crippen LogP contribution in [0, 0.1) is 21.7 Å². The van der Waals surface area contributed by atoms with Crippen molar-refractivity contribution in [2.45, 2.75) is 4.90 Å². The standard InChI is InChI=1S/C6H4F2N2O4S/c7-5-3(10(11)12)1-2-4(6(5)8)15(9,13)14/h1-2H,(H2,9,13,14). The minimum Gasteiger partial charge on any atom is -0.258 e. The van der Waals surface area contributed by atoms with Crippen molar-refractivity contribution < 1.29 is 22.1 Å². The molecule has 0 spiro atoms. The molecular formula is C6H4F2N2O4S. The zero-order valence-electron chi connectivity index (χ0n) is 6.98. The van der Waals surface area contributed by atoms with E-state index in [1.54, 1.807) is 0 Å². The Hall–Kier alpha value is -1.61. The highest BCUT2D eigenvalue weighted by Crippen LogP contribution is 2.24. The summed E-state index contributed by atoms with van der Waals surface area (Å²) in [5, 5.41) is 14.7. The molecule has 0 aromatic heterocycles. The van der Waals surface area contributed by atoms with Gasteiger partial charge in [-0.05, 0) is 6.07 Å². The highest BCUT2D eigenvalue weighted by Gasteiger charge is 2.25. The molecule has 6 nitrogen and oxygen atoms in total. The molecule has 0 unspecified atom stereocenters. The molecule has 1 aromatic carbocycles. The van der Waals surface area contributed by atoms with Gasteiger partial charge in [0, 0.05) is 6.07 Å². The third-order valence-corrected chi connectivity index (χ3v) is 2.46. The highest BCUT2D eigenvalue weighted by molar-refractivity contribution is 7.89. The summed E-state index contributed by atoms with van der Waals surface area (Å²) in [6, 6.07) is 1.06. The average Bonchev–Trinajstić information content (AvgIpc) is 2.06. The summed E-state index contributed by atoms with van der Waals surface area (Å²) in [7, 11) is -4.44. The van der Waals surface area contributed by atoms with Gasteiger partial charge < -0.3 is 0 Å². The molecule has 0 saturated carbocycles. The number of nitro benzene ring substituents is 1. The van der Waals surface area contributed by atoms with Crippen LogP contribution in [0.25, 0.3) is 0 Å². The first-order valence-corrected chi connectivity index (χ1v) is 4.95. The number of benzene rings is 1. The molecule has 0 amide bonds. The zero-order chi connectivity index (χ0) is 11.8. The fraction of sp³-hybridized carbons (Fsp3) is 0. The number of rotatable bonds is 2. The quantitative estimate of drug-likeness (QED) is 0.599. The third kappa shape index (κ3) is 2.07. The summed E-state index contributed by atoms with van der Waals surface area (Å²) >= 11 is 0. The van der Waals surface area contributed by atoms with Gasteiger partial charge in [0.05, 0.1) is 4.92 Å². The van der Waals surface area contributed by atoms with Crippen molar-refractivity contribution in [3.63, 3.8) is 0 Å². The van der Waals surface area contributed by atoms with Crippen LogP contribution in [0.3, 0.4) is 0 Å². The summed E-state index contributed by atoms with van der Waals surface area (Å²) in [6.45, 7) is 0. The van der Waals surface area contributed by atoms with E-state index in [1.165, 1.54) is 0 Å². The molecule has 0 aliphatic heterocycles. The van der Waals surface area contributed by atoms with E-state index in [0.29, 0.717) is 12.1 Å². The number of hydrogen-bond acceptors (Lipinski definition) is 4. The lowest BCUT2D eigenvalue weighted by Gasteiger charge is -2.01. The van der Waals surface area contributed by atoms with Crippen molar-refractivity contribution in [1.82, 2.24) is 0 Å². The molecule has 0 atom stereocenters. The maximum absolute atomic E-state index is 13.0. The van der Waals surface area contributed by atoms with Crippen LogP contribution in [0.4, 0.5) is 14.5 Å². The van der Waals surface area contributed by atoms with E-state index in [4.69, 9.17) is 0 Å². The number of sulfonamides is 1. The van der Waals surface area contributed by atoms with E-state index in [1.807, 2.05) is 0 Å². The topological polar surface area (TPSA) is 103 Å². The van der Waals surface area contributed by atoms with Gasteiger partial charge in [-0.15, -0.1) is 0 Å². The van der Waals surface area contributed by atoms with Crippen LogP contribution in [0.15, 0.2) is 17.0 Å². The molecule has 0 aliphatic carbocycles. The lowest BCUT2D eigenvalue weighted by atomic mass is 10.3. The van der Waals surface area contributed by atoms with E-state index in [9.17, 15) is 27.3 Å². The van der Waals surface area contributed by atoms with Crippen molar-refractivity contribution >= 4 is 15.7 Å². The smallest absolute Gasteiger partial charge is 0.258 e. The number of nitrogens with two attached hydrogens (primary N) is 1. The van der Waals surface area contributed by atoms with Crippen LogP contribution in [0.1, 0.15) is 0 Å². The van der Waals surface area contributed by atoms with Gasteiger partial charge in [0.25, 0.3) is 0 Å². The van der Waals surface area contributed by atoms with E-state index in [-0.39, 0.29) is 0 Å². The van der Waals surface area contributed by atoms with Gasteiger partial charge in [0.15, 0.2) is 5.82 Å². The molecule has 2 N–H and O–H groups in total. The van der Waals surface area contributed by atoms with Gasteiger partial charge >= 0.3 is 5.69 Å². The van der Waals surface area contributed by atoms with Gasteiger partial charge in [-0.1, -0.05) is 0 Å². The van der Waals surface area contributed by atoms with Crippen LogP contribution in [-0.4, -0.2) is 13.3 Å². The molecular weight excluding hydrogens is 234 g/mol. The number of hydrogen-bond donors (Lipinski definition) is 1. The monoisotopic (exact) mass is 238 g/mol. The fourth-order valence-electron chi connectivity index (χ4n) is 0.882. The van der Waals surface area contributed by atoms with Crippen molar-refractivity contribution in [2.75, 3.05) is 0 Å². The summed E-state index contributed by atoms with van der Waals surface area (Å²) < 4.78 is 47.3. The van der Waals surface area contributed by atoms with Gasteiger partial charge in [0.2, 0.25) is 15.8 Å². The first-order valence-electron chi connectivity index (χ1n) is 3.40. The van der Waals surface area contributed by atoms with Crippen LogP contribution in [0.2, 0.25) is 0 Å². The zero-order valence-corrected chi connectivity index (χ0v) is 7.79. The number of nitro groups is 1. The van der Waals surface area contributed by atoms with Gasteiger partial charge in [0.1, 0.15) is 4.90 Å². The Morgan fingerprint density at radius 3 is 2.20 bits per heavy atom. The van der Waals surface area contributed by atoms with Gasteiger partial charge in [-0.2, -0.15) is 4.39 Å².